The van der Waals surface area contributed by atoms with E-state index >= 15 is 0 Å². The van der Waals surface area contributed by atoms with Gasteiger partial charge in [0.2, 0.25) is 5.91 Å². The van der Waals surface area contributed by atoms with Crippen LogP contribution in [0.3, 0.4) is 0 Å². The van der Waals surface area contributed by atoms with E-state index in [9.17, 15) is 23.2 Å². The van der Waals surface area contributed by atoms with Crippen LogP contribution in [0.4, 0.5) is 13.2 Å². The van der Waals surface area contributed by atoms with E-state index in [1.54, 1.807) is 18.3 Å². The van der Waals surface area contributed by atoms with E-state index in [0.717, 1.165) is 16.8 Å². The summed E-state index contributed by atoms with van der Waals surface area (Å²) in [5, 5.41) is 14.4. The SMILES string of the molecule is Cc1ccc(-c2ccc([C@H](N[C@@H](CC(C)C)C(=O)NC3(C#N)CC3)C(F)(F)F)cc2)cn1. The van der Waals surface area contributed by atoms with Crippen molar-refractivity contribution < 1.29 is 18.0 Å². The first-order chi connectivity index (χ1) is 15.0. The first kappa shape index (κ1) is 23.7. The Morgan fingerprint density at radius 2 is 1.78 bits per heavy atom. The van der Waals surface area contributed by atoms with Crippen LogP contribution in [0.5, 0.6) is 0 Å². The number of nitriles is 1. The second-order valence-electron chi connectivity index (χ2n) is 8.82. The quantitative estimate of drug-likeness (QED) is 0.611. The van der Waals surface area contributed by atoms with Gasteiger partial charge in [-0.15, -0.1) is 0 Å². The molecule has 5 nitrogen and oxygen atoms in total. The fraction of sp³-hybridized carbons (Fsp3) is 0.458. The molecular weight excluding hydrogens is 417 g/mol. The van der Waals surface area contributed by atoms with Crippen LogP contribution in [0.2, 0.25) is 0 Å². The van der Waals surface area contributed by atoms with Gasteiger partial charge in [0.05, 0.1) is 12.1 Å². The molecule has 0 spiro atoms. The first-order valence-electron chi connectivity index (χ1n) is 10.6. The number of carbonyl (C=O) groups is 1. The number of halogens is 3. The zero-order valence-electron chi connectivity index (χ0n) is 18.3. The number of alkyl halides is 3. The Bertz CT molecular complexity index is 974. The van der Waals surface area contributed by atoms with Crippen molar-refractivity contribution in [3.8, 4) is 17.2 Å². The molecule has 0 saturated heterocycles. The molecular formula is C24H27F3N4O. The van der Waals surface area contributed by atoms with E-state index in [1.807, 2.05) is 39.0 Å². The van der Waals surface area contributed by atoms with Gasteiger partial charge in [0.1, 0.15) is 11.6 Å². The van der Waals surface area contributed by atoms with Crippen LogP contribution in [-0.4, -0.2) is 28.6 Å². The van der Waals surface area contributed by atoms with Crippen LogP contribution in [-0.2, 0) is 4.79 Å². The fourth-order valence-corrected chi connectivity index (χ4v) is 3.52. The number of benzene rings is 1. The molecule has 0 aliphatic heterocycles. The number of amides is 1. The summed E-state index contributed by atoms with van der Waals surface area (Å²) in [6.45, 7) is 5.54. The molecule has 0 radical (unpaired) electrons. The van der Waals surface area contributed by atoms with Crippen molar-refractivity contribution in [1.29, 1.82) is 5.26 Å². The van der Waals surface area contributed by atoms with Crippen LogP contribution in [0.1, 0.15) is 50.4 Å². The van der Waals surface area contributed by atoms with Crippen molar-refractivity contribution >= 4 is 5.91 Å². The number of carbonyl (C=O) groups excluding carboxylic acids is 1. The minimum atomic E-state index is -4.60. The molecule has 1 aliphatic carbocycles. The number of nitrogens with one attached hydrogen (secondary N) is 2. The summed E-state index contributed by atoms with van der Waals surface area (Å²) in [5.41, 5.74) is 1.49. The van der Waals surface area contributed by atoms with Gasteiger partial charge in [-0.3, -0.25) is 15.1 Å². The molecule has 0 bridgehead atoms. The first-order valence-corrected chi connectivity index (χ1v) is 10.6. The molecule has 1 aromatic heterocycles. The zero-order chi connectivity index (χ0) is 23.5. The van der Waals surface area contributed by atoms with Crippen molar-refractivity contribution in [3.63, 3.8) is 0 Å². The topological polar surface area (TPSA) is 77.8 Å². The average Bonchev–Trinajstić information content (AvgIpc) is 3.50. The predicted molar refractivity (Wildman–Crippen MR) is 115 cm³/mol. The molecule has 1 amide bonds. The molecule has 2 atom stereocenters. The van der Waals surface area contributed by atoms with Crippen LogP contribution in [0, 0.1) is 24.2 Å². The highest BCUT2D eigenvalue weighted by Crippen LogP contribution is 2.36. The highest BCUT2D eigenvalue weighted by molar-refractivity contribution is 5.83. The fourth-order valence-electron chi connectivity index (χ4n) is 3.52. The molecule has 1 aromatic carbocycles. The van der Waals surface area contributed by atoms with Gasteiger partial charge in [0, 0.05) is 17.5 Å². The Labute approximate surface area is 186 Å². The van der Waals surface area contributed by atoms with E-state index in [1.165, 1.54) is 12.1 Å². The summed E-state index contributed by atoms with van der Waals surface area (Å²) in [6, 6.07) is 8.74. The van der Waals surface area contributed by atoms with E-state index in [0.29, 0.717) is 12.8 Å². The van der Waals surface area contributed by atoms with Crippen LogP contribution >= 0.6 is 0 Å². The lowest BCUT2D eigenvalue weighted by Gasteiger charge is -2.29. The van der Waals surface area contributed by atoms with Gasteiger partial charge in [0.15, 0.2) is 0 Å². The van der Waals surface area contributed by atoms with Crippen LogP contribution in [0.25, 0.3) is 11.1 Å². The van der Waals surface area contributed by atoms with E-state index in [4.69, 9.17) is 0 Å². The standard InChI is InChI=1S/C24H27F3N4O/c1-15(2)12-20(22(32)31-23(14-28)10-11-23)30-21(24(25,26)27)18-8-6-17(7-9-18)19-5-4-16(3)29-13-19/h4-9,13,15,20-21,30H,10-12H2,1-3H3,(H,31,32)/t20-,21-/m0/s1. The number of aromatic nitrogens is 1. The lowest BCUT2D eigenvalue weighted by molar-refractivity contribution is -0.161. The van der Waals surface area contributed by atoms with Crippen molar-refractivity contribution in [1.82, 2.24) is 15.6 Å². The minimum absolute atomic E-state index is 0.0132. The number of nitrogens with zero attached hydrogens (tertiary/aromatic N) is 2. The number of hydrogen-bond acceptors (Lipinski definition) is 4. The summed E-state index contributed by atoms with van der Waals surface area (Å²) in [6.07, 6.45) is -1.68. The highest BCUT2D eigenvalue weighted by Gasteiger charge is 2.47. The molecule has 2 aromatic rings. The molecule has 1 heterocycles. The minimum Gasteiger partial charge on any atom is -0.336 e. The normalized spacial score (nSPS) is 16.8. The van der Waals surface area contributed by atoms with Crippen LogP contribution < -0.4 is 10.6 Å². The number of hydrogen-bond donors (Lipinski definition) is 2. The Kier molecular flexibility index (Phi) is 6.89. The van der Waals surface area contributed by atoms with Crippen LogP contribution in [0.15, 0.2) is 42.6 Å². The van der Waals surface area contributed by atoms with Gasteiger partial charge in [-0.25, -0.2) is 0 Å². The molecule has 8 heteroatoms. The Balaban J connectivity index is 1.83. The van der Waals surface area contributed by atoms with Gasteiger partial charge in [-0.1, -0.05) is 44.2 Å². The van der Waals surface area contributed by atoms with Gasteiger partial charge in [-0.2, -0.15) is 18.4 Å². The monoisotopic (exact) mass is 444 g/mol. The number of rotatable bonds is 8. The smallest absolute Gasteiger partial charge is 0.336 e. The highest BCUT2D eigenvalue weighted by atomic mass is 19.4. The third-order valence-electron chi connectivity index (χ3n) is 5.53. The summed E-state index contributed by atoms with van der Waals surface area (Å²) < 4.78 is 42.0. The summed E-state index contributed by atoms with van der Waals surface area (Å²) in [4.78, 5) is 17.0. The van der Waals surface area contributed by atoms with E-state index < -0.39 is 29.7 Å². The second kappa shape index (κ2) is 9.29. The van der Waals surface area contributed by atoms with Crippen molar-refractivity contribution in [2.75, 3.05) is 0 Å². The summed E-state index contributed by atoms with van der Waals surface area (Å²) >= 11 is 0. The maximum atomic E-state index is 14.0. The van der Waals surface area contributed by atoms with Gasteiger partial charge >= 0.3 is 6.18 Å². The molecule has 1 fully saturated rings. The average molecular weight is 445 g/mol. The number of pyridine rings is 1. The zero-order valence-corrected chi connectivity index (χ0v) is 18.3. The van der Waals surface area contributed by atoms with Crippen molar-refractivity contribution in [2.24, 2.45) is 5.92 Å². The van der Waals surface area contributed by atoms with Gasteiger partial charge in [-0.05, 0) is 49.3 Å². The Morgan fingerprint density at radius 1 is 1.16 bits per heavy atom. The maximum Gasteiger partial charge on any atom is 0.407 e. The molecule has 170 valence electrons. The molecule has 1 saturated carbocycles. The van der Waals surface area contributed by atoms with Gasteiger partial charge < -0.3 is 5.32 Å². The third-order valence-corrected chi connectivity index (χ3v) is 5.53. The lowest BCUT2D eigenvalue weighted by atomic mass is 9.97. The van der Waals surface area contributed by atoms with E-state index in [2.05, 4.69) is 15.6 Å². The lowest BCUT2D eigenvalue weighted by Crippen LogP contribution is -2.52. The molecule has 32 heavy (non-hydrogen) atoms. The van der Waals surface area contributed by atoms with Crippen molar-refractivity contribution in [2.45, 2.75) is 63.8 Å². The van der Waals surface area contributed by atoms with Crippen molar-refractivity contribution in [3.05, 3.63) is 53.9 Å². The van der Waals surface area contributed by atoms with Gasteiger partial charge in [0.25, 0.3) is 0 Å². The third kappa shape index (κ3) is 5.86. The summed E-state index contributed by atoms with van der Waals surface area (Å²) in [5.74, 6) is -0.588. The second-order valence-corrected chi connectivity index (χ2v) is 8.82. The largest absolute Gasteiger partial charge is 0.407 e. The summed E-state index contributed by atoms with van der Waals surface area (Å²) in [7, 11) is 0. The molecule has 1 aliphatic rings. The van der Waals surface area contributed by atoms with E-state index in [-0.39, 0.29) is 17.9 Å². The maximum absolute atomic E-state index is 14.0. The molecule has 0 unspecified atom stereocenters. The number of aryl methyl sites for hydroxylation is 1. The Hall–Kier alpha value is -2.92. The molecule has 3 rings (SSSR count). The molecule has 2 N–H and O–H groups in total. The predicted octanol–water partition coefficient (Wildman–Crippen LogP) is 4.84. The Morgan fingerprint density at radius 3 is 2.25 bits per heavy atom.